The number of benzene rings is 1. The second kappa shape index (κ2) is 5.59. The van der Waals surface area contributed by atoms with E-state index in [-0.39, 0.29) is 18.0 Å². The van der Waals surface area contributed by atoms with Gasteiger partial charge in [0.2, 0.25) is 0 Å². The molecule has 0 amide bonds. The number of hydrogen-bond donors (Lipinski definition) is 1. The van der Waals surface area contributed by atoms with Gasteiger partial charge in [-0.2, -0.15) is 0 Å². The lowest BCUT2D eigenvalue weighted by atomic mass is 9.84. The maximum Gasteiger partial charge on any atom is 0.333 e. The fourth-order valence-electron chi connectivity index (χ4n) is 2.81. The van der Waals surface area contributed by atoms with Gasteiger partial charge in [-0.25, -0.2) is 0 Å². The van der Waals surface area contributed by atoms with Crippen molar-refractivity contribution in [2.45, 2.75) is 19.8 Å². The van der Waals surface area contributed by atoms with Crippen LogP contribution in [0.15, 0.2) is 18.2 Å². The van der Waals surface area contributed by atoms with Crippen LogP contribution in [-0.4, -0.2) is 36.2 Å². The van der Waals surface area contributed by atoms with E-state index in [9.17, 15) is 20.0 Å². The predicted octanol–water partition coefficient (Wildman–Crippen LogP) is 2.29. The molecule has 1 N–H and O–H groups in total. The number of carboxylic acid groups (broad SMARTS) is 1. The Kier molecular flexibility index (Phi) is 4.02. The molecule has 0 radical (unpaired) electrons. The Bertz CT molecular complexity index is 574. The summed E-state index contributed by atoms with van der Waals surface area (Å²) in [5, 5.41) is 20.7. The zero-order chi connectivity index (χ0) is 15.6. The van der Waals surface area contributed by atoms with Crippen molar-refractivity contribution in [2.75, 3.05) is 25.1 Å². The number of aliphatic carboxylic acids is 1. The molecule has 1 atom stereocenters. The zero-order valence-electron chi connectivity index (χ0n) is 12.0. The third kappa shape index (κ3) is 2.51. The van der Waals surface area contributed by atoms with Crippen LogP contribution in [0, 0.1) is 15.5 Å². The molecule has 0 saturated carbocycles. The molecular formula is C14H18N2O5. The zero-order valence-corrected chi connectivity index (χ0v) is 12.0. The number of ether oxygens (including phenoxy) is 1. The number of anilines is 1. The Hall–Kier alpha value is -2.31. The molecule has 2 rings (SSSR count). The van der Waals surface area contributed by atoms with Gasteiger partial charge in [-0.1, -0.05) is 13.0 Å². The summed E-state index contributed by atoms with van der Waals surface area (Å²) in [4.78, 5) is 24.1. The average molecular weight is 294 g/mol. The van der Waals surface area contributed by atoms with E-state index < -0.39 is 16.3 Å². The van der Waals surface area contributed by atoms with Crippen LogP contribution in [0.3, 0.4) is 0 Å². The topological polar surface area (TPSA) is 92.9 Å². The molecule has 1 unspecified atom stereocenters. The van der Waals surface area contributed by atoms with Crippen molar-refractivity contribution in [3.05, 3.63) is 28.3 Å². The Balaban J connectivity index is 2.41. The molecule has 1 saturated heterocycles. The van der Waals surface area contributed by atoms with Crippen molar-refractivity contribution >= 4 is 17.3 Å². The number of hydrogen-bond acceptors (Lipinski definition) is 5. The van der Waals surface area contributed by atoms with Gasteiger partial charge < -0.3 is 14.7 Å². The summed E-state index contributed by atoms with van der Waals surface area (Å²) < 4.78 is 5.05. The van der Waals surface area contributed by atoms with E-state index in [1.165, 1.54) is 13.2 Å². The fraction of sp³-hybridized carbons (Fsp3) is 0.500. The maximum atomic E-state index is 11.5. The molecule has 0 bridgehead atoms. The average Bonchev–Trinajstić information content (AvgIpc) is 2.92. The van der Waals surface area contributed by atoms with Crippen LogP contribution in [0.25, 0.3) is 0 Å². The summed E-state index contributed by atoms with van der Waals surface area (Å²) >= 11 is 0. The largest absolute Gasteiger partial charge is 0.490 e. The number of carboxylic acids is 1. The number of nitro groups is 1. The number of nitro benzene ring substituents is 1. The summed E-state index contributed by atoms with van der Waals surface area (Å²) in [7, 11) is 1.38. The highest BCUT2D eigenvalue weighted by atomic mass is 16.6. The van der Waals surface area contributed by atoms with Crippen LogP contribution < -0.4 is 9.64 Å². The first-order valence-corrected chi connectivity index (χ1v) is 6.75. The lowest BCUT2D eigenvalue weighted by Gasteiger charge is -2.24. The third-order valence-corrected chi connectivity index (χ3v) is 4.21. The van der Waals surface area contributed by atoms with Crippen LogP contribution in [0.2, 0.25) is 0 Å². The number of nitrogens with zero attached hydrogens (tertiary/aromatic N) is 2. The van der Waals surface area contributed by atoms with Gasteiger partial charge in [0.25, 0.3) is 0 Å². The summed E-state index contributed by atoms with van der Waals surface area (Å²) in [6, 6.07) is 4.84. The summed E-state index contributed by atoms with van der Waals surface area (Å²) in [6.45, 7) is 2.58. The SMILES string of the molecule is CCC1(C(=O)O)CCN(c2cccc(OC)c2[N+](=O)[O-])C1. The van der Waals surface area contributed by atoms with Crippen molar-refractivity contribution in [2.24, 2.45) is 5.41 Å². The van der Waals surface area contributed by atoms with Gasteiger partial charge in [-0.3, -0.25) is 14.9 Å². The molecule has 0 spiro atoms. The quantitative estimate of drug-likeness (QED) is 0.661. The normalized spacial score (nSPS) is 21.3. The highest BCUT2D eigenvalue weighted by Gasteiger charge is 2.44. The van der Waals surface area contributed by atoms with Gasteiger partial charge in [-0.05, 0) is 25.0 Å². The Labute approximate surface area is 122 Å². The first-order valence-electron chi connectivity index (χ1n) is 6.75. The molecule has 21 heavy (non-hydrogen) atoms. The van der Waals surface area contributed by atoms with Gasteiger partial charge in [-0.15, -0.1) is 0 Å². The van der Waals surface area contributed by atoms with Crippen LogP contribution >= 0.6 is 0 Å². The van der Waals surface area contributed by atoms with E-state index in [2.05, 4.69) is 0 Å². The van der Waals surface area contributed by atoms with E-state index in [1.807, 2.05) is 6.92 Å². The van der Waals surface area contributed by atoms with Crippen LogP contribution in [-0.2, 0) is 4.79 Å². The molecule has 0 aromatic heterocycles. The van der Waals surface area contributed by atoms with E-state index in [4.69, 9.17) is 4.74 Å². The van der Waals surface area contributed by atoms with E-state index >= 15 is 0 Å². The monoisotopic (exact) mass is 294 g/mol. The van der Waals surface area contributed by atoms with Crippen molar-refractivity contribution in [3.8, 4) is 5.75 Å². The number of methoxy groups -OCH3 is 1. The van der Waals surface area contributed by atoms with E-state index in [0.717, 1.165) is 0 Å². The highest BCUT2D eigenvalue weighted by Crippen LogP contribution is 2.42. The minimum atomic E-state index is -0.849. The molecule has 114 valence electrons. The van der Waals surface area contributed by atoms with Gasteiger partial charge in [0, 0.05) is 13.1 Å². The molecule has 1 aliphatic heterocycles. The van der Waals surface area contributed by atoms with Crippen LogP contribution in [0.4, 0.5) is 11.4 Å². The minimum absolute atomic E-state index is 0.114. The second-order valence-corrected chi connectivity index (χ2v) is 5.20. The molecule has 1 aliphatic rings. The molecule has 7 nitrogen and oxygen atoms in total. The Morgan fingerprint density at radius 3 is 2.76 bits per heavy atom. The second-order valence-electron chi connectivity index (χ2n) is 5.20. The standard InChI is InChI=1S/C14H18N2O5/c1-3-14(13(17)18)7-8-15(9-14)10-5-4-6-11(21-2)12(10)16(19)20/h4-6H,3,7-9H2,1-2H3,(H,17,18). The summed E-state index contributed by atoms with van der Waals surface area (Å²) in [5.41, 5.74) is -0.537. The summed E-state index contributed by atoms with van der Waals surface area (Å²) in [5.74, 6) is -0.667. The number of carbonyl (C=O) groups is 1. The lowest BCUT2D eigenvalue weighted by Crippen LogP contribution is -2.34. The lowest BCUT2D eigenvalue weighted by molar-refractivity contribution is -0.385. The van der Waals surface area contributed by atoms with Gasteiger partial charge in [0.15, 0.2) is 5.75 Å². The van der Waals surface area contributed by atoms with Crippen LogP contribution in [0.5, 0.6) is 5.75 Å². The van der Waals surface area contributed by atoms with Crippen molar-refractivity contribution in [1.29, 1.82) is 0 Å². The Morgan fingerprint density at radius 1 is 1.57 bits per heavy atom. The number of para-hydroxylation sites is 1. The maximum absolute atomic E-state index is 11.5. The fourth-order valence-corrected chi connectivity index (χ4v) is 2.81. The predicted molar refractivity (Wildman–Crippen MR) is 76.8 cm³/mol. The molecule has 7 heteroatoms. The Morgan fingerprint density at radius 2 is 2.29 bits per heavy atom. The molecule has 0 aliphatic carbocycles. The number of rotatable bonds is 5. The van der Waals surface area contributed by atoms with Crippen molar-refractivity contribution in [3.63, 3.8) is 0 Å². The van der Waals surface area contributed by atoms with Gasteiger partial charge >= 0.3 is 11.7 Å². The molecule has 1 fully saturated rings. The van der Waals surface area contributed by atoms with Gasteiger partial charge in [0.1, 0.15) is 5.69 Å². The van der Waals surface area contributed by atoms with Crippen LogP contribution in [0.1, 0.15) is 19.8 Å². The molecule has 1 heterocycles. The van der Waals surface area contributed by atoms with E-state index in [1.54, 1.807) is 17.0 Å². The first-order chi connectivity index (χ1) is 9.95. The van der Waals surface area contributed by atoms with Gasteiger partial charge in [0.05, 0.1) is 17.4 Å². The molecule has 1 aromatic rings. The van der Waals surface area contributed by atoms with Crippen molar-refractivity contribution < 1.29 is 19.6 Å². The first kappa shape index (κ1) is 15.1. The van der Waals surface area contributed by atoms with E-state index in [0.29, 0.717) is 25.1 Å². The minimum Gasteiger partial charge on any atom is -0.490 e. The molecule has 1 aromatic carbocycles. The third-order valence-electron chi connectivity index (χ3n) is 4.21. The smallest absolute Gasteiger partial charge is 0.333 e. The summed E-state index contributed by atoms with van der Waals surface area (Å²) in [6.07, 6.45) is 0.976. The highest BCUT2D eigenvalue weighted by molar-refractivity contribution is 5.78. The molecular weight excluding hydrogens is 276 g/mol. The van der Waals surface area contributed by atoms with Crippen molar-refractivity contribution in [1.82, 2.24) is 0 Å².